The summed E-state index contributed by atoms with van der Waals surface area (Å²) in [5.74, 6) is 0. The first-order valence-electron chi connectivity index (χ1n) is 8.46. The first kappa shape index (κ1) is 16.0. The van der Waals surface area contributed by atoms with Crippen molar-refractivity contribution >= 4 is 17.5 Å². The van der Waals surface area contributed by atoms with Gasteiger partial charge in [0, 0.05) is 37.1 Å². The van der Waals surface area contributed by atoms with Gasteiger partial charge in [0.1, 0.15) is 5.60 Å². The van der Waals surface area contributed by atoms with Crippen molar-refractivity contribution in [3.8, 4) is 0 Å². The van der Waals surface area contributed by atoms with Crippen LogP contribution in [0, 0.1) is 0 Å². The predicted molar refractivity (Wildman–Crippen MR) is 92.7 cm³/mol. The summed E-state index contributed by atoms with van der Waals surface area (Å²) >= 11 is 0. The molecular formula is C18H27N3O2. The number of hydrogen-bond acceptors (Lipinski definition) is 4. The number of carbonyl (C=O) groups excluding carboxylic acids is 1. The van der Waals surface area contributed by atoms with Gasteiger partial charge in [-0.05, 0) is 63.8 Å². The van der Waals surface area contributed by atoms with Gasteiger partial charge < -0.3 is 20.3 Å². The Bertz CT molecular complexity index is 594. The van der Waals surface area contributed by atoms with Crippen molar-refractivity contribution in [2.24, 2.45) is 0 Å². The summed E-state index contributed by atoms with van der Waals surface area (Å²) in [6, 6.07) is 6.55. The molecule has 0 radical (unpaired) electrons. The average molecular weight is 317 g/mol. The summed E-state index contributed by atoms with van der Waals surface area (Å²) in [6.45, 7) is 8.26. The van der Waals surface area contributed by atoms with Crippen LogP contribution >= 0.6 is 0 Å². The second kappa shape index (κ2) is 5.95. The van der Waals surface area contributed by atoms with Gasteiger partial charge in [-0.3, -0.25) is 0 Å². The number of fused-ring (bicyclic) bond motifs is 1. The Balaban J connectivity index is 1.70. The molecule has 2 heterocycles. The van der Waals surface area contributed by atoms with E-state index in [0.29, 0.717) is 6.04 Å². The van der Waals surface area contributed by atoms with Crippen LogP contribution in [0.4, 0.5) is 16.2 Å². The summed E-state index contributed by atoms with van der Waals surface area (Å²) < 4.78 is 5.49. The minimum atomic E-state index is -0.440. The molecule has 1 aromatic rings. The van der Waals surface area contributed by atoms with Gasteiger partial charge in [-0.25, -0.2) is 4.79 Å². The first-order valence-corrected chi connectivity index (χ1v) is 8.46. The zero-order chi connectivity index (χ0) is 16.6. The Labute approximate surface area is 138 Å². The minimum Gasteiger partial charge on any atom is -0.444 e. The van der Waals surface area contributed by atoms with Crippen molar-refractivity contribution in [3.05, 3.63) is 23.8 Å². The molecule has 1 fully saturated rings. The van der Waals surface area contributed by atoms with Gasteiger partial charge in [0.25, 0.3) is 0 Å². The zero-order valence-electron chi connectivity index (χ0n) is 14.3. The quantitative estimate of drug-likeness (QED) is 0.809. The van der Waals surface area contributed by atoms with Gasteiger partial charge >= 0.3 is 6.09 Å². The van der Waals surface area contributed by atoms with Gasteiger partial charge in [0.15, 0.2) is 0 Å². The van der Waals surface area contributed by atoms with E-state index in [1.165, 1.54) is 11.3 Å². The molecule has 126 valence electrons. The summed E-state index contributed by atoms with van der Waals surface area (Å²) in [7, 11) is 0. The van der Waals surface area contributed by atoms with Crippen molar-refractivity contribution in [1.82, 2.24) is 4.90 Å². The normalized spacial score (nSPS) is 21.3. The van der Waals surface area contributed by atoms with E-state index in [4.69, 9.17) is 10.5 Å². The summed E-state index contributed by atoms with van der Waals surface area (Å²) in [6.07, 6.45) is 3.01. The largest absolute Gasteiger partial charge is 0.444 e. The molecule has 0 saturated carbocycles. The average Bonchev–Trinajstić information content (AvgIpc) is 2.94. The maximum Gasteiger partial charge on any atom is 0.410 e. The van der Waals surface area contributed by atoms with Crippen LogP contribution in [0.25, 0.3) is 0 Å². The van der Waals surface area contributed by atoms with Crippen LogP contribution < -0.4 is 10.6 Å². The van der Waals surface area contributed by atoms with Crippen LogP contribution in [-0.4, -0.2) is 42.3 Å². The summed E-state index contributed by atoms with van der Waals surface area (Å²) in [5, 5.41) is 0. The van der Waals surface area contributed by atoms with Crippen LogP contribution in [0.2, 0.25) is 0 Å². The molecule has 2 aliphatic heterocycles. The number of aryl methyl sites for hydroxylation is 1. The van der Waals surface area contributed by atoms with Crippen molar-refractivity contribution in [3.63, 3.8) is 0 Å². The third-order valence-electron chi connectivity index (χ3n) is 4.51. The molecule has 0 bridgehead atoms. The summed E-state index contributed by atoms with van der Waals surface area (Å²) in [5.41, 5.74) is 8.90. The molecule has 2 N–H and O–H groups in total. The maximum absolute atomic E-state index is 12.2. The maximum atomic E-state index is 12.2. The molecule has 0 spiro atoms. The Morgan fingerprint density at radius 3 is 2.83 bits per heavy atom. The number of rotatable bonds is 1. The predicted octanol–water partition coefficient (Wildman–Crippen LogP) is 3.03. The lowest BCUT2D eigenvalue weighted by Gasteiger charge is -2.36. The number of nitrogen functional groups attached to an aromatic ring is 1. The number of ether oxygens (including phenoxy) is 1. The topological polar surface area (TPSA) is 58.8 Å². The first-order chi connectivity index (χ1) is 10.8. The van der Waals surface area contributed by atoms with Crippen molar-refractivity contribution < 1.29 is 9.53 Å². The Morgan fingerprint density at radius 1 is 1.30 bits per heavy atom. The molecular weight excluding hydrogens is 290 g/mol. The molecule has 1 amide bonds. The zero-order valence-corrected chi connectivity index (χ0v) is 14.3. The molecule has 5 heteroatoms. The highest BCUT2D eigenvalue weighted by molar-refractivity contribution is 5.69. The molecule has 0 aliphatic carbocycles. The Hall–Kier alpha value is -1.91. The van der Waals surface area contributed by atoms with Crippen molar-refractivity contribution in [1.29, 1.82) is 0 Å². The van der Waals surface area contributed by atoms with E-state index in [1.54, 1.807) is 0 Å². The molecule has 1 unspecified atom stereocenters. The number of carbonyl (C=O) groups is 1. The van der Waals surface area contributed by atoms with Crippen molar-refractivity contribution in [2.75, 3.05) is 30.3 Å². The highest BCUT2D eigenvalue weighted by atomic mass is 16.6. The molecule has 3 rings (SSSR count). The fourth-order valence-electron chi connectivity index (χ4n) is 3.51. The lowest BCUT2D eigenvalue weighted by Crippen LogP contribution is -2.42. The SMILES string of the molecule is CC(C)(C)OC(=O)N1CCC(N2CCCc3cc(N)ccc32)C1. The van der Waals surface area contributed by atoms with Gasteiger partial charge in [0.2, 0.25) is 0 Å². The number of benzene rings is 1. The minimum absolute atomic E-state index is 0.200. The summed E-state index contributed by atoms with van der Waals surface area (Å²) in [4.78, 5) is 16.5. The number of hydrogen-bond donors (Lipinski definition) is 1. The molecule has 5 nitrogen and oxygen atoms in total. The number of likely N-dealkylation sites (tertiary alicyclic amines) is 1. The van der Waals surface area contributed by atoms with Gasteiger partial charge in [-0.15, -0.1) is 0 Å². The van der Waals surface area contributed by atoms with Gasteiger partial charge in [-0.1, -0.05) is 0 Å². The molecule has 1 atom stereocenters. The molecule has 1 saturated heterocycles. The molecule has 23 heavy (non-hydrogen) atoms. The number of nitrogens with zero attached hydrogens (tertiary/aromatic N) is 2. The lowest BCUT2D eigenvalue weighted by atomic mass is 9.99. The monoisotopic (exact) mass is 317 g/mol. The van der Waals surface area contributed by atoms with E-state index in [-0.39, 0.29) is 6.09 Å². The van der Waals surface area contributed by atoms with E-state index in [1.807, 2.05) is 31.7 Å². The van der Waals surface area contributed by atoms with E-state index < -0.39 is 5.60 Å². The van der Waals surface area contributed by atoms with E-state index >= 15 is 0 Å². The number of nitrogens with two attached hydrogens (primary N) is 1. The lowest BCUT2D eigenvalue weighted by molar-refractivity contribution is 0.0292. The fourth-order valence-corrected chi connectivity index (χ4v) is 3.51. The third kappa shape index (κ3) is 3.54. The smallest absolute Gasteiger partial charge is 0.410 e. The standard InChI is InChI=1S/C18H27N3O2/c1-18(2,3)23-17(22)20-10-8-15(12-20)21-9-4-5-13-11-14(19)6-7-16(13)21/h6-7,11,15H,4-5,8-10,12,19H2,1-3H3. The number of anilines is 2. The van der Waals surface area contributed by atoms with E-state index in [0.717, 1.165) is 44.6 Å². The second-order valence-electron chi connectivity index (χ2n) is 7.55. The van der Waals surface area contributed by atoms with E-state index in [2.05, 4.69) is 17.0 Å². The van der Waals surface area contributed by atoms with Crippen LogP contribution in [0.3, 0.4) is 0 Å². The van der Waals surface area contributed by atoms with Crippen molar-refractivity contribution in [2.45, 2.75) is 51.7 Å². The van der Waals surface area contributed by atoms with Gasteiger partial charge in [0.05, 0.1) is 0 Å². The van der Waals surface area contributed by atoms with Crippen LogP contribution in [-0.2, 0) is 11.2 Å². The Morgan fingerprint density at radius 2 is 2.09 bits per heavy atom. The Kier molecular flexibility index (Phi) is 4.13. The van der Waals surface area contributed by atoms with Gasteiger partial charge in [-0.2, -0.15) is 0 Å². The second-order valence-corrected chi connectivity index (χ2v) is 7.55. The van der Waals surface area contributed by atoms with Crippen LogP contribution in [0.1, 0.15) is 39.2 Å². The highest BCUT2D eigenvalue weighted by Gasteiger charge is 2.34. The van der Waals surface area contributed by atoms with Crippen LogP contribution in [0.5, 0.6) is 0 Å². The third-order valence-corrected chi connectivity index (χ3v) is 4.51. The molecule has 2 aliphatic rings. The molecule has 1 aromatic carbocycles. The molecule has 0 aromatic heterocycles. The fraction of sp³-hybridized carbons (Fsp3) is 0.611. The van der Waals surface area contributed by atoms with E-state index in [9.17, 15) is 4.79 Å². The number of amides is 1. The van der Waals surface area contributed by atoms with Crippen LogP contribution in [0.15, 0.2) is 18.2 Å². The highest BCUT2D eigenvalue weighted by Crippen LogP contribution is 2.32.